The molecule has 7 nitrogen and oxygen atoms in total. The number of nitrogens with one attached hydrogen (secondary N) is 1. The first-order valence-electron chi connectivity index (χ1n) is 8.27. The van der Waals surface area contributed by atoms with Gasteiger partial charge in [0.05, 0.1) is 30.4 Å². The monoisotopic (exact) mass is 358 g/mol. The predicted molar refractivity (Wildman–Crippen MR) is 90.6 cm³/mol. The van der Waals surface area contributed by atoms with Gasteiger partial charge in [0, 0.05) is 6.92 Å². The highest BCUT2D eigenvalue weighted by atomic mass is 16.7. The van der Waals surface area contributed by atoms with E-state index in [0.717, 1.165) is 0 Å². The molecule has 3 aliphatic rings. The second-order valence-corrected chi connectivity index (χ2v) is 6.76. The van der Waals surface area contributed by atoms with Crippen LogP contribution < -0.4 is 0 Å². The quantitative estimate of drug-likeness (QED) is 0.876. The van der Waals surface area contributed by atoms with E-state index < -0.39 is 34.5 Å². The molecule has 0 spiro atoms. The average molecular weight is 358 g/mol. The molecule has 27 heavy (non-hydrogen) atoms. The standard InChI is InChI=1S/C20H14N4O3/c1-18-15(13-6-3-2-4-7-13)19(10-21,11-22)20(12-23,17(24)27-18)16(26-18)14-8-5-9-25-14/h2-9,15-16,24H,1H3/t15-,16-,18-,20-/m0/s1. The second-order valence-electron chi connectivity index (χ2n) is 6.76. The van der Waals surface area contributed by atoms with Crippen LogP contribution in [0.1, 0.15) is 30.3 Å². The molecule has 3 aliphatic heterocycles. The van der Waals surface area contributed by atoms with Crippen LogP contribution in [0.3, 0.4) is 0 Å². The molecule has 1 aromatic carbocycles. The summed E-state index contributed by atoms with van der Waals surface area (Å²) in [4.78, 5) is 0. The molecule has 132 valence electrons. The second kappa shape index (κ2) is 5.45. The summed E-state index contributed by atoms with van der Waals surface area (Å²) < 4.78 is 17.3. The Bertz CT molecular complexity index is 1010. The van der Waals surface area contributed by atoms with Gasteiger partial charge in [0.1, 0.15) is 11.9 Å². The molecule has 1 N–H and O–H groups in total. The highest BCUT2D eigenvalue weighted by molar-refractivity contribution is 5.89. The van der Waals surface area contributed by atoms with Crippen LogP contribution in [0.5, 0.6) is 0 Å². The first-order valence-corrected chi connectivity index (χ1v) is 8.27. The Morgan fingerprint density at radius 2 is 1.70 bits per heavy atom. The van der Waals surface area contributed by atoms with Crippen LogP contribution in [0.25, 0.3) is 0 Å². The maximum Gasteiger partial charge on any atom is 0.219 e. The van der Waals surface area contributed by atoms with Crippen molar-refractivity contribution in [3.63, 3.8) is 0 Å². The first kappa shape index (κ1) is 16.8. The molecule has 0 saturated carbocycles. The Kier molecular flexibility index (Phi) is 3.40. The molecule has 0 unspecified atom stereocenters. The van der Waals surface area contributed by atoms with Crippen LogP contribution in [0.4, 0.5) is 0 Å². The summed E-state index contributed by atoms with van der Waals surface area (Å²) in [5.41, 5.74) is -3.27. The highest BCUT2D eigenvalue weighted by Gasteiger charge is 2.80. The van der Waals surface area contributed by atoms with E-state index in [1.54, 1.807) is 43.3 Å². The van der Waals surface area contributed by atoms with E-state index in [1.807, 2.05) is 12.1 Å². The number of hydrogen-bond acceptors (Lipinski definition) is 7. The Labute approximate surface area is 155 Å². The van der Waals surface area contributed by atoms with Crippen LogP contribution in [0.15, 0.2) is 53.1 Å². The summed E-state index contributed by atoms with van der Waals surface area (Å²) in [5.74, 6) is -2.60. The minimum Gasteiger partial charge on any atom is -0.467 e. The van der Waals surface area contributed by atoms with E-state index in [-0.39, 0.29) is 5.76 Å². The van der Waals surface area contributed by atoms with Gasteiger partial charge in [-0.15, -0.1) is 0 Å². The fourth-order valence-corrected chi connectivity index (χ4v) is 4.32. The predicted octanol–water partition coefficient (Wildman–Crippen LogP) is 3.40. The summed E-state index contributed by atoms with van der Waals surface area (Å²) >= 11 is 0. The molecule has 3 fully saturated rings. The fourth-order valence-electron chi connectivity index (χ4n) is 4.32. The van der Waals surface area contributed by atoms with Crippen molar-refractivity contribution in [1.82, 2.24) is 0 Å². The molecular weight excluding hydrogens is 344 g/mol. The Balaban J connectivity index is 2.06. The third-order valence-corrected chi connectivity index (χ3v) is 5.45. The fraction of sp³-hybridized carbons (Fsp3) is 0.300. The van der Waals surface area contributed by atoms with Crippen molar-refractivity contribution < 1.29 is 13.9 Å². The van der Waals surface area contributed by atoms with E-state index in [4.69, 9.17) is 19.3 Å². The minimum absolute atomic E-state index is 0.261. The molecule has 5 rings (SSSR count). The van der Waals surface area contributed by atoms with Gasteiger partial charge in [-0.3, -0.25) is 5.41 Å². The molecular formula is C20H14N4O3. The molecule has 2 bridgehead atoms. The van der Waals surface area contributed by atoms with Crippen LogP contribution in [0.2, 0.25) is 0 Å². The van der Waals surface area contributed by atoms with Crippen molar-refractivity contribution >= 4 is 5.90 Å². The maximum absolute atomic E-state index is 10.2. The van der Waals surface area contributed by atoms with E-state index in [1.165, 1.54) is 6.26 Å². The summed E-state index contributed by atoms with van der Waals surface area (Å²) in [6.45, 7) is 1.58. The topological polar surface area (TPSA) is 127 Å². The van der Waals surface area contributed by atoms with Gasteiger partial charge in [0.2, 0.25) is 11.7 Å². The van der Waals surface area contributed by atoms with E-state index >= 15 is 0 Å². The lowest BCUT2D eigenvalue weighted by Gasteiger charge is -2.60. The third-order valence-electron chi connectivity index (χ3n) is 5.45. The molecule has 2 aromatic rings. The normalized spacial score (nSPS) is 33.3. The van der Waals surface area contributed by atoms with Gasteiger partial charge in [-0.1, -0.05) is 30.3 Å². The van der Waals surface area contributed by atoms with Crippen LogP contribution in [-0.2, 0) is 9.47 Å². The Morgan fingerprint density at radius 1 is 1.00 bits per heavy atom. The number of rotatable bonds is 2. The van der Waals surface area contributed by atoms with Gasteiger partial charge in [-0.05, 0) is 17.7 Å². The number of furan rings is 1. The molecule has 4 heterocycles. The number of hydrogen-bond donors (Lipinski definition) is 1. The zero-order chi connectivity index (χ0) is 19.3. The highest BCUT2D eigenvalue weighted by Crippen LogP contribution is 2.69. The smallest absolute Gasteiger partial charge is 0.219 e. The molecule has 7 heteroatoms. The van der Waals surface area contributed by atoms with Crippen molar-refractivity contribution in [3.05, 3.63) is 60.1 Å². The Hall–Kier alpha value is -3.60. The summed E-state index contributed by atoms with van der Waals surface area (Å²) in [6.07, 6.45) is 0.288. The maximum atomic E-state index is 10.2. The summed E-state index contributed by atoms with van der Waals surface area (Å²) in [5, 5.41) is 38.9. The number of fused-ring (bicyclic) bond motifs is 3. The average Bonchev–Trinajstić information content (AvgIpc) is 3.21. The lowest BCUT2D eigenvalue weighted by Crippen LogP contribution is -2.70. The first-order chi connectivity index (χ1) is 13.0. The number of nitriles is 3. The molecule has 1 aromatic heterocycles. The van der Waals surface area contributed by atoms with Crippen molar-refractivity contribution in [2.24, 2.45) is 10.8 Å². The van der Waals surface area contributed by atoms with E-state index in [9.17, 15) is 15.8 Å². The van der Waals surface area contributed by atoms with E-state index in [2.05, 4.69) is 12.1 Å². The zero-order valence-corrected chi connectivity index (χ0v) is 14.3. The van der Waals surface area contributed by atoms with Gasteiger partial charge >= 0.3 is 0 Å². The Morgan fingerprint density at radius 3 is 2.26 bits per heavy atom. The van der Waals surface area contributed by atoms with Gasteiger partial charge in [0.25, 0.3) is 0 Å². The third kappa shape index (κ3) is 1.83. The van der Waals surface area contributed by atoms with Crippen molar-refractivity contribution in [2.75, 3.05) is 0 Å². The van der Waals surface area contributed by atoms with E-state index in [0.29, 0.717) is 5.56 Å². The van der Waals surface area contributed by atoms with Crippen LogP contribution in [0, 0.1) is 50.2 Å². The van der Waals surface area contributed by atoms with Crippen molar-refractivity contribution in [2.45, 2.75) is 24.7 Å². The van der Waals surface area contributed by atoms with Gasteiger partial charge < -0.3 is 13.9 Å². The number of nitrogens with zero attached hydrogens (tertiary/aromatic N) is 3. The van der Waals surface area contributed by atoms with Gasteiger partial charge in [-0.25, -0.2) is 0 Å². The SMILES string of the molecule is C[C@@]12OC(=N)[C@](C#N)([C@H](c3ccco3)O1)C(C#N)(C#N)[C@H]2c1ccccc1. The lowest BCUT2D eigenvalue weighted by atomic mass is 9.50. The van der Waals surface area contributed by atoms with Crippen molar-refractivity contribution in [3.8, 4) is 18.2 Å². The van der Waals surface area contributed by atoms with Crippen LogP contribution in [-0.4, -0.2) is 11.7 Å². The van der Waals surface area contributed by atoms with Crippen LogP contribution >= 0.6 is 0 Å². The van der Waals surface area contributed by atoms with Gasteiger partial charge in [-0.2, -0.15) is 15.8 Å². The summed E-state index contributed by atoms with van der Waals surface area (Å²) in [6, 6.07) is 18.2. The summed E-state index contributed by atoms with van der Waals surface area (Å²) in [7, 11) is 0. The number of ether oxygens (including phenoxy) is 2. The minimum atomic E-state index is -1.98. The molecule has 4 atom stereocenters. The number of benzene rings is 1. The largest absolute Gasteiger partial charge is 0.467 e. The van der Waals surface area contributed by atoms with Crippen molar-refractivity contribution in [1.29, 1.82) is 21.2 Å². The zero-order valence-electron chi connectivity index (χ0n) is 14.3. The lowest BCUT2D eigenvalue weighted by molar-refractivity contribution is -0.326. The van der Waals surface area contributed by atoms with Gasteiger partial charge in [0.15, 0.2) is 10.8 Å². The molecule has 0 radical (unpaired) electrons. The molecule has 0 aliphatic carbocycles. The molecule has 0 amide bonds. The molecule has 3 saturated heterocycles.